The number of aliphatic carboxylic acids is 1. The van der Waals surface area contributed by atoms with Crippen molar-refractivity contribution in [2.24, 2.45) is 7.05 Å². The van der Waals surface area contributed by atoms with Gasteiger partial charge in [0.25, 0.3) is 11.5 Å². The van der Waals surface area contributed by atoms with Gasteiger partial charge in [0.15, 0.2) is 0 Å². The van der Waals surface area contributed by atoms with Crippen LogP contribution in [-0.4, -0.2) is 52.4 Å². The van der Waals surface area contributed by atoms with Crippen molar-refractivity contribution in [1.29, 1.82) is 0 Å². The van der Waals surface area contributed by atoms with E-state index in [4.69, 9.17) is 27.9 Å². The minimum absolute atomic E-state index is 0.0181. The number of aryl methyl sites for hydroxylation is 1. The molecule has 0 unspecified atom stereocenters. The van der Waals surface area contributed by atoms with Crippen LogP contribution >= 0.6 is 23.2 Å². The van der Waals surface area contributed by atoms with E-state index in [1.807, 2.05) is 7.05 Å². The van der Waals surface area contributed by atoms with E-state index in [-0.39, 0.29) is 22.0 Å². The summed E-state index contributed by atoms with van der Waals surface area (Å²) < 4.78 is 8.19. The van der Waals surface area contributed by atoms with Crippen LogP contribution in [0.1, 0.15) is 22.3 Å². The number of halogens is 2. The van der Waals surface area contributed by atoms with Gasteiger partial charge < -0.3 is 20.5 Å². The number of carboxylic acid groups (broad SMARTS) is 1. The summed E-state index contributed by atoms with van der Waals surface area (Å²) in [6.07, 6.45) is 0.723. The summed E-state index contributed by atoms with van der Waals surface area (Å²) in [5.74, 6) is -1.46. The average molecular weight is 599 g/mol. The van der Waals surface area contributed by atoms with Crippen LogP contribution in [0.15, 0.2) is 70.3 Å². The number of benzene rings is 3. The van der Waals surface area contributed by atoms with Gasteiger partial charge in [-0.3, -0.25) is 14.2 Å². The van der Waals surface area contributed by atoms with Crippen molar-refractivity contribution in [2.45, 2.75) is 18.9 Å². The molecule has 1 heterocycles. The molecule has 10 nitrogen and oxygen atoms in total. The number of carboxylic acids is 1. The van der Waals surface area contributed by atoms with Gasteiger partial charge >= 0.3 is 11.7 Å². The fraction of sp³-hybridized carbons (Fsp3) is 0.241. The zero-order valence-electron chi connectivity index (χ0n) is 22.3. The molecule has 12 heteroatoms. The Kier molecular flexibility index (Phi) is 9.49. The zero-order chi connectivity index (χ0) is 29.7. The third-order valence-corrected chi connectivity index (χ3v) is 7.14. The number of carbonyl (C=O) groups excluding carboxylic acids is 1. The molecule has 41 heavy (non-hydrogen) atoms. The second-order valence-electron chi connectivity index (χ2n) is 9.30. The fourth-order valence-electron chi connectivity index (χ4n) is 4.36. The molecule has 0 saturated carbocycles. The number of nitrogens with one attached hydrogen (secondary N) is 2. The van der Waals surface area contributed by atoms with Gasteiger partial charge in [0.2, 0.25) is 0 Å². The summed E-state index contributed by atoms with van der Waals surface area (Å²) in [4.78, 5) is 51.2. The average Bonchev–Trinajstić information content (AvgIpc) is 2.94. The van der Waals surface area contributed by atoms with Crippen LogP contribution in [0.25, 0.3) is 16.6 Å². The largest absolute Gasteiger partial charge is 0.494 e. The van der Waals surface area contributed by atoms with Gasteiger partial charge in [-0.15, -0.1) is 0 Å². The molecule has 214 valence electrons. The molecule has 1 aromatic heterocycles. The Morgan fingerprint density at radius 1 is 1.02 bits per heavy atom. The van der Waals surface area contributed by atoms with E-state index in [1.165, 1.54) is 16.7 Å². The van der Waals surface area contributed by atoms with Crippen molar-refractivity contribution in [3.05, 3.63) is 103 Å². The predicted octanol–water partition coefficient (Wildman–Crippen LogP) is 3.41. The lowest BCUT2D eigenvalue weighted by Crippen LogP contribution is -2.42. The normalized spacial score (nSPS) is 11.8. The summed E-state index contributed by atoms with van der Waals surface area (Å²) in [6.45, 7) is 1.26. The number of hydrogen-bond donors (Lipinski definition) is 3. The van der Waals surface area contributed by atoms with Gasteiger partial charge in [0, 0.05) is 13.5 Å². The monoisotopic (exact) mass is 598 g/mol. The highest BCUT2D eigenvalue weighted by molar-refractivity contribution is 6.39. The number of amides is 1. The van der Waals surface area contributed by atoms with Gasteiger partial charge in [-0.1, -0.05) is 41.4 Å². The van der Waals surface area contributed by atoms with Gasteiger partial charge in [0.05, 0.1) is 38.8 Å². The summed E-state index contributed by atoms with van der Waals surface area (Å²) >= 11 is 12.2. The Balaban J connectivity index is 1.59. The Morgan fingerprint density at radius 2 is 1.71 bits per heavy atom. The lowest BCUT2D eigenvalue weighted by Gasteiger charge is -2.16. The Labute approximate surface area is 245 Å². The summed E-state index contributed by atoms with van der Waals surface area (Å²) in [5.41, 5.74) is 0.258. The Hall–Kier alpha value is -4.12. The first-order valence-electron chi connectivity index (χ1n) is 12.7. The van der Waals surface area contributed by atoms with E-state index >= 15 is 0 Å². The topological polar surface area (TPSA) is 132 Å². The molecule has 4 rings (SSSR count). The highest BCUT2D eigenvalue weighted by Gasteiger charge is 2.24. The van der Waals surface area contributed by atoms with Crippen LogP contribution in [-0.2, 0) is 18.3 Å². The van der Waals surface area contributed by atoms with Crippen LogP contribution in [0, 0.1) is 0 Å². The standard InChI is InChI=1S/C29H28Cl2N4O6/c1-32-13-4-14-41-19-11-12-24-20(16-19)27(37)35(29(40)34(24)2)18-9-7-17(8-10-18)15-23(28(38)39)33-26(36)25-21(30)5-3-6-22(25)31/h3,5-12,16,23,32H,4,13-15H2,1-2H3,(H,33,36)(H,38,39)/t23-/m0/s1. The molecule has 0 aliphatic carbocycles. The number of nitrogens with zero attached hydrogens (tertiary/aromatic N) is 2. The number of rotatable bonds is 11. The van der Waals surface area contributed by atoms with Crippen LogP contribution < -0.4 is 26.6 Å². The first-order chi connectivity index (χ1) is 19.6. The van der Waals surface area contributed by atoms with Crippen LogP contribution in [0.3, 0.4) is 0 Å². The van der Waals surface area contributed by atoms with Crippen molar-refractivity contribution in [3.8, 4) is 11.4 Å². The molecule has 3 N–H and O–H groups in total. The maximum Gasteiger partial charge on any atom is 0.335 e. The van der Waals surface area contributed by atoms with E-state index in [2.05, 4.69) is 10.6 Å². The lowest BCUT2D eigenvalue weighted by atomic mass is 10.0. The first-order valence-corrected chi connectivity index (χ1v) is 13.5. The van der Waals surface area contributed by atoms with E-state index in [1.54, 1.807) is 55.6 Å². The minimum atomic E-state index is -1.29. The maximum absolute atomic E-state index is 13.4. The van der Waals surface area contributed by atoms with Crippen LogP contribution in [0.4, 0.5) is 0 Å². The molecule has 0 aliphatic heterocycles. The van der Waals surface area contributed by atoms with Gasteiger partial charge in [-0.25, -0.2) is 14.2 Å². The molecule has 3 aromatic carbocycles. The molecule has 0 spiro atoms. The van der Waals surface area contributed by atoms with Gasteiger partial charge in [0.1, 0.15) is 11.8 Å². The summed E-state index contributed by atoms with van der Waals surface area (Å²) in [7, 11) is 3.43. The van der Waals surface area contributed by atoms with E-state index in [0.29, 0.717) is 34.5 Å². The highest BCUT2D eigenvalue weighted by Crippen LogP contribution is 2.24. The number of fused-ring (bicyclic) bond motifs is 1. The third-order valence-electron chi connectivity index (χ3n) is 6.51. The number of carbonyl (C=O) groups is 2. The van der Waals surface area contributed by atoms with Crippen molar-refractivity contribution in [2.75, 3.05) is 20.2 Å². The molecular formula is C29H28Cl2N4O6. The van der Waals surface area contributed by atoms with Crippen molar-refractivity contribution >= 4 is 46.0 Å². The first kappa shape index (κ1) is 29.9. The maximum atomic E-state index is 13.4. The molecule has 1 atom stereocenters. The van der Waals surface area contributed by atoms with Crippen molar-refractivity contribution in [3.63, 3.8) is 0 Å². The molecule has 0 saturated heterocycles. The quantitative estimate of drug-likeness (QED) is 0.225. The molecule has 0 bridgehead atoms. The van der Waals surface area contributed by atoms with Crippen LogP contribution in [0.2, 0.25) is 10.0 Å². The molecule has 1 amide bonds. The van der Waals surface area contributed by atoms with Gasteiger partial charge in [-0.05, 0) is 68.0 Å². The molecular weight excluding hydrogens is 571 g/mol. The fourth-order valence-corrected chi connectivity index (χ4v) is 4.93. The van der Waals surface area contributed by atoms with E-state index < -0.39 is 29.2 Å². The Bertz CT molecular complexity index is 1700. The van der Waals surface area contributed by atoms with Crippen molar-refractivity contribution in [1.82, 2.24) is 19.8 Å². The second-order valence-corrected chi connectivity index (χ2v) is 10.1. The summed E-state index contributed by atoms with van der Waals surface area (Å²) in [6, 6.07) is 14.5. The third kappa shape index (κ3) is 6.62. The molecule has 4 aromatic rings. The molecule has 0 aliphatic rings. The smallest absolute Gasteiger partial charge is 0.335 e. The zero-order valence-corrected chi connectivity index (χ0v) is 23.8. The van der Waals surface area contributed by atoms with Crippen LogP contribution in [0.5, 0.6) is 5.75 Å². The summed E-state index contributed by atoms with van der Waals surface area (Å²) in [5, 5.41) is 15.7. The minimum Gasteiger partial charge on any atom is -0.494 e. The molecule has 0 fully saturated rings. The predicted molar refractivity (Wildman–Crippen MR) is 158 cm³/mol. The van der Waals surface area contributed by atoms with E-state index in [9.17, 15) is 24.3 Å². The van der Waals surface area contributed by atoms with E-state index in [0.717, 1.165) is 17.5 Å². The second kappa shape index (κ2) is 13.0. The number of aromatic nitrogens is 2. The Morgan fingerprint density at radius 3 is 2.34 bits per heavy atom. The number of ether oxygens (including phenoxy) is 1. The molecule has 0 radical (unpaired) electrons. The highest BCUT2D eigenvalue weighted by atomic mass is 35.5. The SMILES string of the molecule is CNCCCOc1ccc2c(c1)c(=O)n(-c1ccc(C[C@H](NC(=O)c3c(Cl)cccc3Cl)C(=O)O)cc1)c(=O)n2C. The van der Waals surface area contributed by atoms with Gasteiger partial charge in [-0.2, -0.15) is 0 Å². The lowest BCUT2D eigenvalue weighted by molar-refractivity contribution is -0.139. The number of hydrogen-bond acceptors (Lipinski definition) is 6. The van der Waals surface area contributed by atoms with Crippen molar-refractivity contribution < 1.29 is 19.4 Å².